The summed E-state index contributed by atoms with van der Waals surface area (Å²) in [5.74, 6) is -1.09. The minimum atomic E-state index is -0.978. The van der Waals surface area contributed by atoms with Crippen molar-refractivity contribution >= 4 is 33.5 Å². The van der Waals surface area contributed by atoms with E-state index in [1.807, 2.05) is 6.26 Å². The van der Waals surface area contributed by atoms with Crippen molar-refractivity contribution in [2.24, 2.45) is 0 Å². The van der Waals surface area contributed by atoms with Gasteiger partial charge in [-0.15, -0.1) is 0 Å². The van der Waals surface area contributed by atoms with E-state index in [-0.39, 0.29) is 17.2 Å². The minimum absolute atomic E-state index is 0.0408. The fraction of sp³-hybridized carbons (Fsp3) is 0.800. The Balaban J connectivity index is 4.01. The number of carboxylic acids is 1. The summed E-state index contributed by atoms with van der Waals surface area (Å²) in [7, 11) is 4.93. The highest BCUT2D eigenvalue weighted by Crippen LogP contribution is 2.37. The fourth-order valence-electron chi connectivity index (χ4n) is 1.16. The van der Waals surface area contributed by atoms with Crippen LogP contribution < -0.4 is 0 Å². The Hall–Kier alpha value is -0.360. The molecule has 1 N–H and O–H groups in total. The molecule has 6 heteroatoms. The van der Waals surface area contributed by atoms with Crippen LogP contribution in [0.4, 0.5) is 0 Å². The highest BCUT2D eigenvalue weighted by atomic mass is 33.1. The lowest BCUT2D eigenvalue weighted by Crippen LogP contribution is -2.32. The zero-order valence-corrected chi connectivity index (χ0v) is 11.8. The summed E-state index contributed by atoms with van der Waals surface area (Å²) in [5, 5.41) is 8.54. The molecule has 0 aliphatic rings. The van der Waals surface area contributed by atoms with E-state index in [9.17, 15) is 9.59 Å². The molecule has 0 aromatic carbocycles. The van der Waals surface area contributed by atoms with E-state index < -0.39 is 5.97 Å². The molecule has 0 aromatic rings. The van der Waals surface area contributed by atoms with E-state index >= 15 is 0 Å². The van der Waals surface area contributed by atoms with Gasteiger partial charge in [0.05, 0.1) is 0 Å². The topological polar surface area (TPSA) is 57.6 Å². The Kier molecular flexibility index (Phi) is 6.90. The first-order valence-corrected chi connectivity index (χ1v) is 7.52. The van der Waals surface area contributed by atoms with Crippen LogP contribution >= 0.6 is 21.6 Å². The third kappa shape index (κ3) is 7.00. The largest absolute Gasteiger partial charge is 0.480 e. The zero-order chi connectivity index (χ0) is 12.8. The molecule has 16 heavy (non-hydrogen) atoms. The first kappa shape index (κ1) is 15.6. The molecule has 0 aliphatic carbocycles. The number of hydrogen-bond acceptors (Lipinski definition) is 4. The maximum absolute atomic E-state index is 11.6. The maximum atomic E-state index is 11.6. The van der Waals surface area contributed by atoms with Crippen molar-refractivity contribution in [3.8, 4) is 0 Å². The lowest BCUT2D eigenvalue weighted by molar-refractivity contribution is -0.143. The Morgan fingerprint density at radius 2 is 1.94 bits per heavy atom. The molecule has 0 fully saturated rings. The van der Waals surface area contributed by atoms with Gasteiger partial charge in [-0.05, 0) is 26.5 Å². The lowest BCUT2D eigenvalue weighted by atomic mass is 10.1. The third-order valence-electron chi connectivity index (χ3n) is 2.05. The summed E-state index contributed by atoms with van der Waals surface area (Å²) >= 11 is 0. The van der Waals surface area contributed by atoms with E-state index in [4.69, 9.17) is 5.11 Å². The van der Waals surface area contributed by atoms with Gasteiger partial charge in [0, 0.05) is 18.2 Å². The van der Waals surface area contributed by atoms with Crippen molar-refractivity contribution in [1.29, 1.82) is 0 Å². The van der Waals surface area contributed by atoms with Crippen LogP contribution in [-0.4, -0.2) is 46.5 Å². The van der Waals surface area contributed by atoms with Gasteiger partial charge in [-0.3, -0.25) is 9.59 Å². The summed E-state index contributed by atoms with van der Waals surface area (Å²) < 4.78 is 0.0408. The van der Waals surface area contributed by atoms with Crippen molar-refractivity contribution in [1.82, 2.24) is 4.90 Å². The molecule has 0 aromatic heterocycles. The molecule has 94 valence electrons. The molecule has 0 saturated heterocycles. The average Bonchev–Trinajstić information content (AvgIpc) is 2.13. The predicted molar refractivity (Wildman–Crippen MR) is 69.7 cm³/mol. The summed E-state index contributed by atoms with van der Waals surface area (Å²) in [4.78, 5) is 23.2. The van der Waals surface area contributed by atoms with Crippen molar-refractivity contribution in [3.05, 3.63) is 0 Å². The van der Waals surface area contributed by atoms with E-state index in [0.29, 0.717) is 6.42 Å². The van der Waals surface area contributed by atoms with Gasteiger partial charge in [0.25, 0.3) is 0 Å². The highest BCUT2D eigenvalue weighted by molar-refractivity contribution is 8.76. The number of carbonyl (C=O) groups is 2. The first-order valence-electron chi connectivity index (χ1n) is 4.96. The van der Waals surface area contributed by atoms with Crippen LogP contribution in [0.15, 0.2) is 0 Å². The number of nitrogens with zero attached hydrogens (tertiary/aromatic N) is 1. The van der Waals surface area contributed by atoms with Crippen molar-refractivity contribution in [2.75, 3.05) is 19.8 Å². The summed E-state index contributed by atoms with van der Waals surface area (Å²) in [6.07, 6.45) is 3.15. The minimum Gasteiger partial charge on any atom is -0.480 e. The van der Waals surface area contributed by atoms with E-state index in [2.05, 4.69) is 13.8 Å². The Morgan fingerprint density at radius 1 is 1.38 bits per heavy atom. The van der Waals surface area contributed by atoms with Gasteiger partial charge in [-0.1, -0.05) is 21.6 Å². The Morgan fingerprint density at radius 3 is 2.38 bits per heavy atom. The molecular formula is C10H19NO3S2. The number of likely N-dealkylation sites (N-methyl/N-ethyl adjacent to an activating group) is 1. The lowest BCUT2D eigenvalue weighted by Gasteiger charge is -2.23. The second kappa shape index (κ2) is 7.06. The average molecular weight is 265 g/mol. The molecule has 4 nitrogen and oxygen atoms in total. The standard InChI is InChI=1S/C10H19NO3S2/c1-10(2,16-15-4)6-5-8(12)11(3)7-9(13)14/h5-7H2,1-4H3,(H,13,14). The van der Waals surface area contributed by atoms with Crippen molar-refractivity contribution in [2.45, 2.75) is 31.4 Å². The molecule has 0 aliphatic heterocycles. The monoisotopic (exact) mass is 265 g/mol. The quantitative estimate of drug-likeness (QED) is 0.714. The molecule has 0 heterocycles. The highest BCUT2D eigenvalue weighted by Gasteiger charge is 2.21. The number of carbonyl (C=O) groups excluding carboxylic acids is 1. The SMILES string of the molecule is CSSC(C)(C)CCC(=O)N(C)CC(=O)O. The van der Waals surface area contributed by atoms with Crippen LogP contribution in [0.2, 0.25) is 0 Å². The summed E-state index contributed by atoms with van der Waals surface area (Å²) in [6.45, 7) is 3.94. The molecule has 0 radical (unpaired) electrons. The van der Waals surface area contributed by atoms with Crippen molar-refractivity contribution < 1.29 is 14.7 Å². The fourth-order valence-corrected chi connectivity index (χ4v) is 3.40. The van der Waals surface area contributed by atoms with Crippen LogP contribution in [0.1, 0.15) is 26.7 Å². The molecule has 0 spiro atoms. The Bertz CT molecular complexity index is 256. The summed E-state index contributed by atoms with van der Waals surface area (Å²) in [5.41, 5.74) is 0. The number of amides is 1. The van der Waals surface area contributed by atoms with Gasteiger partial charge < -0.3 is 10.0 Å². The molecule has 0 unspecified atom stereocenters. The van der Waals surface area contributed by atoms with Gasteiger partial charge in [0.2, 0.25) is 5.91 Å². The first-order chi connectivity index (χ1) is 7.28. The van der Waals surface area contributed by atoms with Crippen LogP contribution in [0.3, 0.4) is 0 Å². The molecule has 0 rings (SSSR count). The van der Waals surface area contributed by atoms with Gasteiger partial charge in [0.15, 0.2) is 0 Å². The van der Waals surface area contributed by atoms with Crippen LogP contribution in [-0.2, 0) is 9.59 Å². The normalized spacial score (nSPS) is 11.2. The summed E-state index contributed by atoms with van der Waals surface area (Å²) in [6, 6.07) is 0. The molecule has 0 saturated carbocycles. The number of rotatable bonds is 7. The van der Waals surface area contributed by atoms with E-state index in [0.717, 1.165) is 6.42 Å². The molecule has 0 bridgehead atoms. The Labute approximate surface area is 105 Å². The zero-order valence-electron chi connectivity index (χ0n) is 10.1. The number of aliphatic carboxylic acids is 1. The predicted octanol–water partition coefficient (Wildman–Crippen LogP) is 2.10. The second-order valence-electron chi connectivity index (χ2n) is 4.15. The van der Waals surface area contributed by atoms with Gasteiger partial charge in [-0.2, -0.15) is 0 Å². The number of carboxylic acid groups (broad SMARTS) is 1. The van der Waals surface area contributed by atoms with Gasteiger partial charge in [0.1, 0.15) is 6.54 Å². The van der Waals surface area contributed by atoms with Crippen molar-refractivity contribution in [3.63, 3.8) is 0 Å². The van der Waals surface area contributed by atoms with Gasteiger partial charge in [-0.25, -0.2) is 0 Å². The van der Waals surface area contributed by atoms with E-state index in [1.165, 1.54) is 11.9 Å². The van der Waals surface area contributed by atoms with Crippen LogP contribution in [0.5, 0.6) is 0 Å². The maximum Gasteiger partial charge on any atom is 0.323 e. The molecular weight excluding hydrogens is 246 g/mol. The van der Waals surface area contributed by atoms with Gasteiger partial charge >= 0.3 is 5.97 Å². The second-order valence-corrected chi connectivity index (χ2v) is 7.26. The smallest absolute Gasteiger partial charge is 0.323 e. The number of hydrogen-bond donors (Lipinski definition) is 1. The van der Waals surface area contributed by atoms with E-state index in [1.54, 1.807) is 21.6 Å². The third-order valence-corrected chi connectivity index (χ3v) is 4.72. The van der Waals surface area contributed by atoms with Crippen LogP contribution in [0.25, 0.3) is 0 Å². The molecule has 1 amide bonds. The molecule has 0 atom stereocenters. The van der Waals surface area contributed by atoms with Crippen LogP contribution in [0, 0.1) is 0 Å².